The van der Waals surface area contributed by atoms with Crippen molar-refractivity contribution in [2.75, 3.05) is 5.32 Å². The number of rotatable bonds is 3. The molecule has 3 aromatic rings. The van der Waals surface area contributed by atoms with Crippen molar-refractivity contribution in [3.8, 4) is 0 Å². The first-order chi connectivity index (χ1) is 11.4. The molecule has 4 heteroatoms. The molecule has 0 aliphatic rings. The monoisotopic (exact) mass is 319 g/mol. The van der Waals surface area contributed by atoms with Crippen LogP contribution in [0.4, 0.5) is 5.69 Å². The molecule has 122 valence electrons. The SMILES string of the molecule is Cc1nc2ccc(C(=O)Nc3cccc(C(C)C)c3)cc2nc1C. The fourth-order valence-electron chi connectivity index (χ4n) is 2.55. The van der Waals surface area contributed by atoms with Gasteiger partial charge in [0.25, 0.3) is 5.91 Å². The first-order valence-electron chi connectivity index (χ1n) is 8.10. The zero-order valence-corrected chi connectivity index (χ0v) is 14.4. The molecule has 24 heavy (non-hydrogen) atoms. The number of carbonyl (C=O) groups excluding carboxylic acids is 1. The lowest BCUT2D eigenvalue weighted by Crippen LogP contribution is -2.12. The van der Waals surface area contributed by atoms with E-state index in [4.69, 9.17) is 0 Å². The Morgan fingerprint density at radius 2 is 1.67 bits per heavy atom. The lowest BCUT2D eigenvalue weighted by molar-refractivity contribution is 0.102. The molecule has 1 amide bonds. The summed E-state index contributed by atoms with van der Waals surface area (Å²) in [4.78, 5) is 21.5. The zero-order valence-electron chi connectivity index (χ0n) is 14.4. The first kappa shape index (κ1) is 16.1. The largest absolute Gasteiger partial charge is 0.322 e. The third-order valence-corrected chi connectivity index (χ3v) is 4.15. The summed E-state index contributed by atoms with van der Waals surface area (Å²) in [6.07, 6.45) is 0. The number of nitrogens with one attached hydrogen (secondary N) is 1. The predicted molar refractivity (Wildman–Crippen MR) is 97.5 cm³/mol. The molecule has 0 radical (unpaired) electrons. The van der Waals surface area contributed by atoms with Crippen molar-refractivity contribution in [3.05, 3.63) is 65.0 Å². The van der Waals surface area contributed by atoms with Crippen LogP contribution in [0.2, 0.25) is 0 Å². The molecular formula is C20H21N3O. The second-order valence-electron chi connectivity index (χ2n) is 6.33. The van der Waals surface area contributed by atoms with Crippen LogP contribution in [0.15, 0.2) is 42.5 Å². The second-order valence-corrected chi connectivity index (χ2v) is 6.33. The fourth-order valence-corrected chi connectivity index (χ4v) is 2.55. The maximum absolute atomic E-state index is 12.5. The standard InChI is InChI=1S/C20H21N3O/c1-12(2)15-6-5-7-17(10-15)23-20(24)16-8-9-18-19(11-16)22-14(4)13(3)21-18/h5-12H,1-4H3,(H,23,24). The summed E-state index contributed by atoms with van der Waals surface area (Å²) >= 11 is 0. The summed E-state index contributed by atoms with van der Waals surface area (Å²) in [6.45, 7) is 8.12. The van der Waals surface area contributed by atoms with Crippen LogP contribution in [0.5, 0.6) is 0 Å². The number of anilines is 1. The molecule has 1 N–H and O–H groups in total. The van der Waals surface area contributed by atoms with Gasteiger partial charge in [0, 0.05) is 11.3 Å². The Hall–Kier alpha value is -2.75. The summed E-state index contributed by atoms with van der Waals surface area (Å²) in [7, 11) is 0. The molecule has 0 saturated heterocycles. The highest BCUT2D eigenvalue weighted by molar-refractivity contribution is 6.05. The number of carbonyl (C=O) groups is 1. The molecule has 0 fully saturated rings. The van der Waals surface area contributed by atoms with Gasteiger partial charge >= 0.3 is 0 Å². The van der Waals surface area contributed by atoms with Gasteiger partial charge in [0.15, 0.2) is 0 Å². The lowest BCUT2D eigenvalue weighted by atomic mass is 10.0. The lowest BCUT2D eigenvalue weighted by Gasteiger charge is -2.10. The van der Waals surface area contributed by atoms with Crippen molar-refractivity contribution in [1.82, 2.24) is 9.97 Å². The molecule has 1 aromatic heterocycles. The molecule has 0 spiro atoms. The number of aryl methyl sites for hydroxylation is 2. The van der Waals surface area contributed by atoms with Crippen LogP contribution in [0.25, 0.3) is 11.0 Å². The summed E-state index contributed by atoms with van der Waals surface area (Å²) in [6, 6.07) is 13.4. The van der Waals surface area contributed by atoms with Crippen molar-refractivity contribution in [2.24, 2.45) is 0 Å². The second kappa shape index (κ2) is 6.40. The van der Waals surface area contributed by atoms with Crippen molar-refractivity contribution >= 4 is 22.6 Å². The van der Waals surface area contributed by atoms with E-state index in [1.54, 1.807) is 12.1 Å². The van der Waals surface area contributed by atoms with Crippen LogP contribution in [-0.4, -0.2) is 15.9 Å². The van der Waals surface area contributed by atoms with Crippen LogP contribution in [0.3, 0.4) is 0 Å². The Morgan fingerprint density at radius 3 is 2.38 bits per heavy atom. The van der Waals surface area contributed by atoms with Crippen LogP contribution in [-0.2, 0) is 0 Å². The highest BCUT2D eigenvalue weighted by atomic mass is 16.1. The molecule has 0 saturated carbocycles. The van der Waals surface area contributed by atoms with E-state index in [0.29, 0.717) is 11.5 Å². The van der Waals surface area contributed by atoms with E-state index in [0.717, 1.165) is 28.1 Å². The number of hydrogen-bond donors (Lipinski definition) is 1. The van der Waals surface area contributed by atoms with Gasteiger partial charge in [-0.1, -0.05) is 26.0 Å². The zero-order chi connectivity index (χ0) is 17.3. The fraction of sp³-hybridized carbons (Fsp3) is 0.250. The quantitative estimate of drug-likeness (QED) is 0.766. The number of aromatic nitrogens is 2. The number of hydrogen-bond acceptors (Lipinski definition) is 3. The third-order valence-electron chi connectivity index (χ3n) is 4.15. The van der Waals surface area contributed by atoms with Crippen molar-refractivity contribution in [2.45, 2.75) is 33.6 Å². The van der Waals surface area contributed by atoms with Crippen molar-refractivity contribution < 1.29 is 4.79 Å². The van der Waals surface area contributed by atoms with Gasteiger partial charge in [-0.2, -0.15) is 0 Å². The van der Waals surface area contributed by atoms with E-state index in [1.807, 2.05) is 38.1 Å². The van der Waals surface area contributed by atoms with Crippen LogP contribution in [0.1, 0.15) is 47.1 Å². The first-order valence-corrected chi connectivity index (χ1v) is 8.10. The van der Waals surface area contributed by atoms with Gasteiger partial charge in [-0.25, -0.2) is 9.97 Å². The topological polar surface area (TPSA) is 54.9 Å². The van der Waals surface area contributed by atoms with Crippen molar-refractivity contribution in [1.29, 1.82) is 0 Å². The van der Waals surface area contributed by atoms with Gasteiger partial charge in [-0.15, -0.1) is 0 Å². The van der Waals surface area contributed by atoms with E-state index >= 15 is 0 Å². The minimum absolute atomic E-state index is 0.141. The normalized spacial score (nSPS) is 11.0. The van der Waals surface area contributed by atoms with Gasteiger partial charge in [0.2, 0.25) is 0 Å². The molecule has 0 aliphatic carbocycles. The highest BCUT2D eigenvalue weighted by Gasteiger charge is 2.10. The molecule has 0 atom stereocenters. The Kier molecular flexibility index (Phi) is 4.30. The van der Waals surface area contributed by atoms with E-state index in [9.17, 15) is 4.79 Å². The Balaban J connectivity index is 1.88. The maximum Gasteiger partial charge on any atom is 0.255 e. The molecule has 0 bridgehead atoms. The molecule has 1 heterocycles. The molecule has 4 nitrogen and oxygen atoms in total. The number of nitrogens with zero attached hydrogens (tertiary/aromatic N) is 2. The minimum atomic E-state index is -0.141. The van der Waals surface area contributed by atoms with Gasteiger partial charge in [0.05, 0.1) is 22.4 Å². The molecular weight excluding hydrogens is 298 g/mol. The molecule has 0 aliphatic heterocycles. The smallest absolute Gasteiger partial charge is 0.255 e. The van der Waals surface area contributed by atoms with E-state index in [-0.39, 0.29) is 5.91 Å². The summed E-state index contributed by atoms with van der Waals surface area (Å²) in [5, 5.41) is 2.96. The average Bonchev–Trinajstić information content (AvgIpc) is 2.55. The van der Waals surface area contributed by atoms with Gasteiger partial charge < -0.3 is 5.32 Å². The summed E-state index contributed by atoms with van der Waals surface area (Å²) < 4.78 is 0. The number of amides is 1. The van der Waals surface area contributed by atoms with Gasteiger partial charge in [-0.05, 0) is 55.7 Å². The predicted octanol–water partition coefficient (Wildman–Crippen LogP) is 4.62. The van der Waals surface area contributed by atoms with E-state index in [1.165, 1.54) is 5.56 Å². The average molecular weight is 319 g/mol. The Morgan fingerprint density at radius 1 is 0.958 bits per heavy atom. The Bertz CT molecular complexity index is 916. The van der Waals surface area contributed by atoms with E-state index < -0.39 is 0 Å². The van der Waals surface area contributed by atoms with Gasteiger partial charge in [-0.3, -0.25) is 4.79 Å². The molecule has 0 unspecified atom stereocenters. The maximum atomic E-state index is 12.5. The molecule has 2 aromatic carbocycles. The van der Waals surface area contributed by atoms with Crippen LogP contribution < -0.4 is 5.32 Å². The summed E-state index contributed by atoms with van der Waals surface area (Å²) in [5.41, 5.74) is 5.91. The minimum Gasteiger partial charge on any atom is -0.322 e. The van der Waals surface area contributed by atoms with Gasteiger partial charge in [0.1, 0.15) is 0 Å². The Labute approximate surface area is 142 Å². The number of fused-ring (bicyclic) bond motifs is 1. The van der Waals surface area contributed by atoms with E-state index in [2.05, 4.69) is 35.2 Å². The summed E-state index contributed by atoms with van der Waals surface area (Å²) in [5.74, 6) is 0.279. The number of benzene rings is 2. The highest BCUT2D eigenvalue weighted by Crippen LogP contribution is 2.20. The molecule has 3 rings (SSSR count). The third kappa shape index (κ3) is 3.27. The van der Waals surface area contributed by atoms with Crippen LogP contribution in [0, 0.1) is 13.8 Å². The van der Waals surface area contributed by atoms with Crippen LogP contribution >= 0.6 is 0 Å². The van der Waals surface area contributed by atoms with Crippen molar-refractivity contribution in [3.63, 3.8) is 0 Å².